The van der Waals surface area contributed by atoms with E-state index in [9.17, 15) is 13.2 Å². The van der Waals surface area contributed by atoms with Crippen molar-refractivity contribution in [1.82, 2.24) is 15.1 Å². The van der Waals surface area contributed by atoms with Crippen LogP contribution in [0.2, 0.25) is 0 Å². The summed E-state index contributed by atoms with van der Waals surface area (Å²) in [6.45, 7) is 3.99. The van der Waals surface area contributed by atoms with E-state index in [0.29, 0.717) is 22.1 Å². The minimum absolute atomic E-state index is 0.182. The van der Waals surface area contributed by atoms with Crippen LogP contribution in [-0.4, -0.2) is 35.7 Å². The van der Waals surface area contributed by atoms with Crippen LogP contribution in [0.5, 0.6) is 0 Å². The van der Waals surface area contributed by atoms with Crippen molar-refractivity contribution in [3.05, 3.63) is 64.9 Å². The molecule has 1 amide bonds. The Morgan fingerprint density at radius 3 is 2.55 bits per heavy atom. The summed E-state index contributed by atoms with van der Waals surface area (Å²) >= 11 is 1.29. The molecule has 158 valence electrons. The predicted molar refractivity (Wildman–Crippen MR) is 118 cm³/mol. The van der Waals surface area contributed by atoms with Gasteiger partial charge in [-0.1, -0.05) is 17.3 Å². The highest BCUT2D eigenvalue weighted by molar-refractivity contribution is 7.90. The average molecular weight is 455 g/mol. The van der Waals surface area contributed by atoms with Crippen LogP contribution in [0.1, 0.15) is 21.5 Å². The lowest BCUT2D eigenvalue weighted by Crippen LogP contribution is -2.12. The molecule has 0 bridgehead atoms. The molecule has 0 aliphatic carbocycles. The van der Waals surface area contributed by atoms with Gasteiger partial charge in [0.2, 0.25) is 0 Å². The van der Waals surface area contributed by atoms with Crippen LogP contribution >= 0.6 is 11.3 Å². The Labute approximate surface area is 182 Å². The molecular formula is C21H18N4O4S2. The van der Waals surface area contributed by atoms with Gasteiger partial charge in [0, 0.05) is 23.4 Å². The van der Waals surface area contributed by atoms with Crippen molar-refractivity contribution in [1.29, 1.82) is 0 Å². The zero-order valence-corrected chi connectivity index (χ0v) is 18.5. The van der Waals surface area contributed by atoms with Gasteiger partial charge in [-0.15, -0.1) is 11.3 Å². The zero-order valence-electron chi connectivity index (χ0n) is 16.9. The van der Waals surface area contributed by atoms with Crippen molar-refractivity contribution < 1.29 is 17.7 Å². The van der Waals surface area contributed by atoms with E-state index in [1.54, 1.807) is 18.3 Å². The van der Waals surface area contributed by atoms with Crippen LogP contribution in [-0.2, 0) is 9.84 Å². The third-order valence-electron chi connectivity index (χ3n) is 4.81. The number of aryl methyl sites for hydroxylation is 1. The van der Waals surface area contributed by atoms with Crippen molar-refractivity contribution >= 4 is 32.2 Å². The first kappa shape index (κ1) is 20.9. The third kappa shape index (κ3) is 4.25. The highest BCUT2D eigenvalue weighted by Crippen LogP contribution is 2.29. The monoisotopic (exact) mass is 454 g/mol. The van der Waals surface area contributed by atoms with E-state index >= 15 is 0 Å². The number of rotatable bonds is 5. The standard InChI is InChI=1S/C21H18N4O4S2/c1-12-8-9-22-18(13(12)2)17-11-30-21(23-17)24-20(26)16-10-29-25-19(16)14-4-6-15(7-5-14)31(3,27)28/h4-11H,1-3H3,(H,23,24,26). The maximum atomic E-state index is 12.8. The molecule has 4 rings (SSSR count). The second-order valence-corrected chi connectivity index (χ2v) is 9.84. The fourth-order valence-corrected chi connectivity index (χ4v) is 4.28. The van der Waals surface area contributed by atoms with E-state index in [1.165, 1.54) is 29.7 Å². The number of carbonyl (C=O) groups excluding carboxylic acids is 1. The van der Waals surface area contributed by atoms with E-state index in [2.05, 4.69) is 20.4 Å². The van der Waals surface area contributed by atoms with Crippen molar-refractivity contribution in [2.45, 2.75) is 18.7 Å². The number of hydrogen-bond donors (Lipinski definition) is 1. The largest absolute Gasteiger partial charge is 0.363 e. The third-order valence-corrected chi connectivity index (χ3v) is 6.70. The van der Waals surface area contributed by atoms with Crippen LogP contribution in [0.3, 0.4) is 0 Å². The Bertz CT molecular complexity index is 1370. The molecule has 1 N–H and O–H groups in total. The molecule has 0 saturated carbocycles. The molecule has 8 nitrogen and oxygen atoms in total. The molecule has 4 aromatic rings. The molecule has 0 aliphatic rings. The second kappa shape index (κ2) is 8.05. The minimum Gasteiger partial charge on any atom is -0.363 e. The molecule has 3 aromatic heterocycles. The first-order valence-corrected chi connectivity index (χ1v) is 12.0. The summed E-state index contributed by atoms with van der Waals surface area (Å²) in [4.78, 5) is 21.9. The molecule has 0 radical (unpaired) electrons. The molecule has 0 saturated heterocycles. The topological polar surface area (TPSA) is 115 Å². The summed E-state index contributed by atoms with van der Waals surface area (Å²) < 4.78 is 28.3. The van der Waals surface area contributed by atoms with E-state index in [4.69, 9.17) is 4.52 Å². The number of hydrogen-bond acceptors (Lipinski definition) is 8. The predicted octanol–water partition coefficient (Wildman–Crippen LogP) is 4.13. The van der Waals surface area contributed by atoms with Crippen molar-refractivity contribution in [3.8, 4) is 22.6 Å². The van der Waals surface area contributed by atoms with E-state index in [1.807, 2.05) is 25.3 Å². The smallest absolute Gasteiger partial charge is 0.263 e. The first-order valence-electron chi connectivity index (χ1n) is 9.18. The Morgan fingerprint density at radius 1 is 1.10 bits per heavy atom. The summed E-state index contributed by atoms with van der Waals surface area (Å²) in [5.41, 5.74) is 4.69. The van der Waals surface area contributed by atoms with Crippen LogP contribution in [0, 0.1) is 13.8 Å². The van der Waals surface area contributed by atoms with E-state index in [0.717, 1.165) is 23.1 Å². The Morgan fingerprint density at radius 2 is 1.84 bits per heavy atom. The van der Waals surface area contributed by atoms with Gasteiger partial charge in [-0.25, -0.2) is 13.4 Å². The number of amides is 1. The molecule has 0 spiro atoms. The normalized spacial score (nSPS) is 11.5. The number of aromatic nitrogens is 3. The lowest BCUT2D eigenvalue weighted by Gasteiger charge is -2.04. The first-order chi connectivity index (χ1) is 14.7. The SMILES string of the molecule is Cc1ccnc(-c2csc(NC(=O)c3conc3-c3ccc(S(C)(=O)=O)cc3)n2)c1C. The van der Waals surface area contributed by atoms with Gasteiger partial charge in [-0.05, 0) is 43.2 Å². The molecule has 0 atom stereocenters. The summed E-state index contributed by atoms with van der Waals surface area (Å²) in [6, 6.07) is 8.03. The van der Waals surface area contributed by atoms with Gasteiger partial charge < -0.3 is 4.52 Å². The highest BCUT2D eigenvalue weighted by Gasteiger charge is 2.20. The number of sulfone groups is 1. The van der Waals surface area contributed by atoms with Gasteiger partial charge in [-0.3, -0.25) is 15.1 Å². The number of nitrogens with zero attached hydrogens (tertiary/aromatic N) is 3. The van der Waals surface area contributed by atoms with Gasteiger partial charge in [-0.2, -0.15) is 0 Å². The fraction of sp³-hybridized carbons (Fsp3) is 0.143. The number of pyridine rings is 1. The summed E-state index contributed by atoms with van der Waals surface area (Å²) in [6.07, 6.45) is 4.11. The van der Waals surface area contributed by atoms with Gasteiger partial charge >= 0.3 is 0 Å². The van der Waals surface area contributed by atoms with E-state index in [-0.39, 0.29) is 10.5 Å². The van der Waals surface area contributed by atoms with Gasteiger partial charge in [0.1, 0.15) is 23.2 Å². The number of benzene rings is 1. The highest BCUT2D eigenvalue weighted by atomic mass is 32.2. The molecule has 3 heterocycles. The van der Waals surface area contributed by atoms with Crippen molar-refractivity contribution in [2.75, 3.05) is 11.6 Å². The van der Waals surface area contributed by atoms with E-state index < -0.39 is 15.7 Å². The molecule has 0 unspecified atom stereocenters. The minimum atomic E-state index is -3.32. The number of carbonyl (C=O) groups is 1. The molecular weight excluding hydrogens is 436 g/mol. The second-order valence-electron chi connectivity index (χ2n) is 6.97. The summed E-state index contributed by atoms with van der Waals surface area (Å²) in [5, 5.41) is 8.92. The Hall–Kier alpha value is -3.37. The lowest BCUT2D eigenvalue weighted by atomic mass is 10.1. The Balaban J connectivity index is 1.57. The fourth-order valence-electron chi connectivity index (χ4n) is 2.96. The molecule has 10 heteroatoms. The molecule has 31 heavy (non-hydrogen) atoms. The lowest BCUT2D eigenvalue weighted by molar-refractivity contribution is 0.102. The number of thiazole rings is 1. The van der Waals surface area contributed by atoms with Crippen molar-refractivity contribution in [3.63, 3.8) is 0 Å². The van der Waals surface area contributed by atoms with Crippen LogP contribution in [0.15, 0.2) is 57.6 Å². The maximum Gasteiger partial charge on any atom is 0.263 e. The molecule has 0 aliphatic heterocycles. The van der Waals surface area contributed by atoms with Crippen LogP contribution in [0.4, 0.5) is 5.13 Å². The molecule has 1 aromatic carbocycles. The maximum absolute atomic E-state index is 12.8. The summed E-state index contributed by atoms with van der Waals surface area (Å²) in [5.74, 6) is -0.432. The van der Waals surface area contributed by atoms with Crippen LogP contribution < -0.4 is 5.32 Å². The summed E-state index contributed by atoms with van der Waals surface area (Å²) in [7, 11) is -3.32. The number of anilines is 1. The van der Waals surface area contributed by atoms with Gasteiger partial charge in [0.05, 0.1) is 10.6 Å². The van der Waals surface area contributed by atoms with Gasteiger partial charge in [0.15, 0.2) is 15.0 Å². The quantitative estimate of drug-likeness (QED) is 0.482. The molecule has 0 fully saturated rings. The van der Waals surface area contributed by atoms with Crippen LogP contribution in [0.25, 0.3) is 22.6 Å². The van der Waals surface area contributed by atoms with Crippen molar-refractivity contribution in [2.24, 2.45) is 0 Å². The zero-order chi connectivity index (χ0) is 22.2. The number of nitrogens with one attached hydrogen (secondary N) is 1. The Kier molecular flexibility index (Phi) is 5.42. The average Bonchev–Trinajstić information content (AvgIpc) is 3.39. The van der Waals surface area contributed by atoms with Gasteiger partial charge in [0.25, 0.3) is 5.91 Å².